The van der Waals surface area contributed by atoms with Crippen molar-refractivity contribution < 1.29 is 17.9 Å². The van der Waals surface area contributed by atoms with Crippen molar-refractivity contribution in [3.05, 3.63) is 81.1 Å². The van der Waals surface area contributed by atoms with Crippen LogP contribution in [0, 0.1) is 0 Å². The minimum Gasteiger partial charge on any atom is -0.381 e. The maximum absolute atomic E-state index is 13.1. The molecule has 6 rings (SSSR count). The molecule has 2 N–H and O–H groups in total. The molecule has 40 heavy (non-hydrogen) atoms. The number of hydrogen-bond donors (Lipinski definition) is 2. The van der Waals surface area contributed by atoms with E-state index in [9.17, 15) is 13.2 Å². The summed E-state index contributed by atoms with van der Waals surface area (Å²) >= 11 is 1.10. The average Bonchev–Trinajstić information content (AvgIpc) is 3.64. The van der Waals surface area contributed by atoms with Crippen molar-refractivity contribution in [3.63, 3.8) is 0 Å². The number of allylic oxidation sites excluding steroid dienone is 1. The van der Waals surface area contributed by atoms with E-state index < -0.39 is 12.6 Å². The summed E-state index contributed by atoms with van der Waals surface area (Å²) < 4.78 is 45.3. The van der Waals surface area contributed by atoms with Crippen LogP contribution < -0.4 is 5.32 Å². The van der Waals surface area contributed by atoms with Crippen LogP contribution in [0.2, 0.25) is 0 Å². The number of nitrogens with zero attached hydrogens (tertiary/aromatic N) is 3. The number of rotatable bonds is 9. The first kappa shape index (κ1) is 27.0. The molecular weight excluding hydrogens is 535 g/mol. The molecule has 1 aliphatic carbocycles. The van der Waals surface area contributed by atoms with Gasteiger partial charge in [-0.05, 0) is 55.0 Å². The maximum Gasteiger partial charge on any atom is 0.393 e. The van der Waals surface area contributed by atoms with Gasteiger partial charge in [0.25, 0.3) is 0 Å². The first-order valence-electron chi connectivity index (χ1n) is 13.6. The third kappa shape index (κ3) is 6.40. The Bertz CT molecular complexity index is 1500. The Hall–Kier alpha value is -3.21. The monoisotopic (exact) mass is 567 g/mol. The number of anilines is 1. The van der Waals surface area contributed by atoms with Crippen LogP contribution in [0.5, 0.6) is 0 Å². The van der Waals surface area contributed by atoms with Gasteiger partial charge in [-0.1, -0.05) is 29.8 Å². The fourth-order valence-corrected chi connectivity index (χ4v) is 6.67. The van der Waals surface area contributed by atoms with Crippen molar-refractivity contribution >= 4 is 33.3 Å². The Morgan fingerprint density at radius 1 is 1.15 bits per heavy atom. The molecule has 3 aromatic heterocycles. The number of alkyl halides is 3. The Labute approximate surface area is 235 Å². The van der Waals surface area contributed by atoms with E-state index in [-0.39, 0.29) is 10.9 Å². The summed E-state index contributed by atoms with van der Waals surface area (Å²) in [5.74, 6) is 0. The highest BCUT2D eigenvalue weighted by atomic mass is 32.1. The van der Waals surface area contributed by atoms with Gasteiger partial charge in [0.05, 0.1) is 31.0 Å². The number of pyridine rings is 1. The molecule has 210 valence electrons. The highest BCUT2D eigenvalue weighted by Gasteiger charge is 2.29. The number of H-pyrrole nitrogens is 1. The largest absolute Gasteiger partial charge is 0.393 e. The van der Waals surface area contributed by atoms with Gasteiger partial charge in [-0.15, -0.1) is 11.3 Å². The molecule has 4 aromatic rings. The van der Waals surface area contributed by atoms with Gasteiger partial charge in [0, 0.05) is 53.9 Å². The Kier molecular flexibility index (Phi) is 7.65. The van der Waals surface area contributed by atoms with E-state index in [0.717, 1.165) is 72.6 Å². The molecular formula is C30H32F3N5OS. The van der Waals surface area contributed by atoms with Crippen molar-refractivity contribution in [1.29, 1.82) is 0 Å². The first-order valence-corrected chi connectivity index (χ1v) is 14.4. The van der Waals surface area contributed by atoms with E-state index in [1.165, 1.54) is 22.3 Å². The van der Waals surface area contributed by atoms with Gasteiger partial charge in [0.1, 0.15) is 4.83 Å². The maximum atomic E-state index is 13.1. The van der Waals surface area contributed by atoms with Gasteiger partial charge in [-0.25, -0.2) is 4.98 Å². The smallest absolute Gasteiger partial charge is 0.381 e. The van der Waals surface area contributed by atoms with Crippen LogP contribution in [0.3, 0.4) is 0 Å². The molecule has 0 radical (unpaired) electrons. The van der Waals surface area contributed by atoms with E-state index in [1.807, 2.05) is 6.07 Å². The van der Waals surface area contributed by atoms with Crippen LogP contribution in [0.1, 0.15) is 52.6 Å². The number of fused-ring (bicyclic) bond motifs is 2. The second kappa shape index (κ2) is 11.3. The lowest BCUT2D eigenvalue weighted by molar-refractivity contribution is -0.126. The number of likely N-dealkylation sites (tertiary alicyclic amines) is 1. The van der Waals surface area contributed by atoms with E-state index in [2.05, 4.69) is 56.6 Å². The number of aromatic amines is 1. The van der Waals surface area contributed by atoms with Gasteiger partial charge in [-0.2, -0.15) is 18.3 Å². The van der Waals surface area contributed by atoms with Gasteiger partial charge in [-0.3, -0.25) is 10.00 Å². The minimum atomic E-state index is -4.26. The average molecular weight is 568 g/mol. The van der Waals surface area contributed by atoms with Crippen LogP contribution in [0.4, 0.5) is 18.9 Å². The van der Waals surface area contributed by atoms with E-state index >= 15 is 0 Å². The van der Waals surface area contributed by atoms with Gasteiger partial charge < -0.3 is 10.1 Å². The van der Waals surface area contributed by atoms with Crippen LogP contribution in [0.25, 0.3) is 16.3 Å². The summed E-state index contributed by atoms with van der Waals surface area (Å²) in [6, 6.07) is 10.5. The second-order valence-corrected chi connectivity index (χ2v) is 12.0. The van der Waals surface area contributed by atoms with Crippen LogP contribution in [-0.2, 0) is 37.3 Å². The molecule has 10 heteroatoms. The van der Waals surface area contributed by atoms with Gasteiger partial charge in [0.15, 0.2) is 0 Å². The van der Waals surface area contributed by atoms with E-state index in [4.69, 9.17) is 4.74 Å². The number of halogens is 3. The van der Waals surface area contributed by atoms with E-state index in [1.54, 1.807) is 18.5 Å². The van der Waals surface area contributed by atoms with Crippen molar-refractivity contribution in [3.8, 4) is 0 Å². The number of hydrogen-bond acceptors (Lipinski definition) is 6. The lowest BCUT2D eigenvalue weighted by Gasteiger charge is -2.33. The molecule has 0 unspecified atom stereocenters. The highest BCUT2D eigenvalue weighted by molar-refractivity contribution is 7.18. The summed E-state index contributed by atoms with van der Waals surface area (Å²) in [4.78, 5) is 7.84. The minimum absolute atomic E-state index is 0.213. The Morgan fingerprint density at radius 3 is 2.77 bits per heavy atom. The van der Waals surface area contributed by atoms with Gasteiger partial charge >= 0.3 is 6.18 Å². The Morgan fingerprint density at radius 2 is 2.00 bits per heavy atom. The second-order valence-electron chi connectivity index (χ2n) is 10.9. The Balaban J connectivity index is 1.15. The standard InChI is InChI=1S/C30H32F3N5OS/c1-19-10-21-3-2-20(12-22(21)11-19)16-38-8-5-24(6-9-38)36-28-23(17-39-18-25-4-7-35-37-25)15-34-29-27(28)13-26(40-29)14-30(31,32)33/h2-4,7,11-13,15,24H,5-6,8-10,14,16-18H2,1H3,(H,34,36)(H,35,37). The molecule has 0 atom stereocenters. The predicted octanol–water partition coefficient (Wildman–Crippen LogP) is 6.88. The van der Waals surface area contributed by atoms with Crippen molar-refractivity contribution in [2.24, 2.45) is 0 Å². The normalized spacial score (nSPS) is 16.4. The number of ether oxygens (including phenoxy) is 1. The number of thiophene rings is 1. The molecule has 6 nitrogen and oxygen atoms in total. The summed E-state index contributed by atoms with van der Waals surface area (Å²) in [7, 11) is 0. The lowest BCUT2D eigenvalue weighted by atomic mass is 10.0. The van der Waals surface area contributed by atoms with Crippen LogP contribution in [0.15, 0.2) is 48.3 Å². The molecule has 0 amide bonds. The van der Waals surface area contributed by atoms with Crippen molar-refractivity contribution in [2.45, 2.75) is 64.6 Å². The summed E-state index contributed by atoms with van der Waals surface area (Å²) in [5.41, 5.74) is 8.02. The van der Waals surface area contributed by atoms with E-state index in [0.29, 0.717) is 18.0 Å². The molecule has 1 fully saturated rings. The topological polar surface area (TPSA) is 66.1 Å². The number of piperidine rings is 1. The number of benzene rings is 1. The predicted molar refractivity (Wildman–Crippen MR) is 152 cm³/mol. The first-order chi connectivity index (χ1) is 19.3. The molecule has 0 saturated carbocycles. The van der Waals surface area contributed by atoms with Crippen LogP contribution in [-0.4, -0.2) is 45.4 Å². The molecule has 1 saturated heterocycles. The SMILES string of the molecule is CC1=Cc2cc(CN3CCC(Nc4c(COCc5ccn[nH]5)cnc5sc(CC(F)(F)F)cc45)CC3)ccc2C1. The third-order valence-corrected chi connectivity index (χ3v) is 8.61. The fourth-order valence-electron chi connectivity index (χ4n) is 5.63. The molecule has 0 spiro atoms. The molecule has 4 heterocycles. The molecule has 0 bridgehead atoms. The zero-order valence-corrected chi connectivity index (χ0v) is 23.2. The van der Waals surface area contributed by atoms with Gasteiger partial charge in [0.2, 0.25) is 0 Å². The summed E-state index contributed by atoms with van der Waals surface area (Å²) in [6.07, 6.45) is 3.41. The fraction of sp³-hybridized carbons (Fsp3) is 0.400. The zero-order valence-electron chi connectivity index (χ0n) is 22.4. The lowest BCUT2D eigenvalue weighted by Crippen LogP contribution is -2.38. The van der Waals surface area contributed by atoms with Crippen LogP contribution >= 0.6 is 11.3 Å². The van der Waals surface area contributed by atoms with Crippen molar-refractivity contribution in [2.75, 3.05) is 18.4 Å². The highest BCUT2D eigenvalue weighted by Crippen LogP contribution is 2.36. The molecule has 1 aliphatic heterocycles. The molecule has 2 aliphatic rings. The van der Waals surface area contributed by atoms with Crippen molar-refractivity contribution in [1.82, 2.24) is 20.1 Å². The third-order valence-electron chi connectivity index (χ3n) is 7.56. The number of aromatic nitrogens is 3. The summed E-state index contributed by atoms with van der Waals surface area (Å²) in [5, 5.41) is 11.2. The summed E-state index contributed by atoms with van der Waals surface area (Å²) in [6.45, 7) is 5.65. The molecule has 1 aromatic carbocycles. The number of nitrogens with one attached hydrogen (secondary N) is 2. The zero-order chi connectivity index (χ0) is 27.7. The quantitative estimate of drug-likeness (QED) is 0.231.